The molecule has 1 unspecified atom stereocenters. The third kappa shape index (κ3) is 3.89. The lowest BCUT2D eigenvalue weighted by molar-refractivity contribution is -0.173. The van der Waals surface area contributed by atoms with Crippen LogP contribution in [0.3, 0.4) is 0 Å². The topological polar surface area (TPSA) is 80.6 Å². The van der Waals surface area contributed by atoms with Gasteiger partial charge in [0.05, 0.1) is 18.7 Å². The SMILES string of the molecule is O=C(Cn1nnc2ccccc21)N1CCOC2(CC=CCN(Cc3ccccc3)C2=O)C1. The molecule has 5 rings (SSSR count). The molecule has 1 atom stereocenters. The Hall–Kier alpha value is -3.52. The van der Waals surface area contributed by atoms with E-state index in [4.69, 9.17) is 4.74 Å². The molecule has 2 amide bonds. The predicted octanol–water partition coefficient (Wildman–Crippen LogP) is 2.02. The predicted molar refractivity (Wildman–Crippen MR) is 118 cm³/mol. The zero-order valence-electron chi connectivity index (χ0n) is 17.8. The summed E-state index contributed by atoms with van der Waals surface area (Å²) in [6, 6.07) is 17.5. The number of benzene rings is 2. The van der Waals surface area contributed by atoms with Gasteiger partial charge in [0.1, 0.15) is 12.1 Å². The lowest BCUT2D eigenvalue weighted by Crippen LogP contribution is -2.61. The monoisotopic (exact) mass is 431 g/mol. The standard InChI is InChI=1S/C24H25N5O3/c30-22(17-29-21-11-5-4-10-20(21)25-26-29)28-14-15-32-24(18-28)12-6-7-13-27(23(24)31)16-19-8-2-1-3-9-19/h1-11H,12-18H2. The molecule has 0 saturated carbocycles. The molecular formula is C24H25N5O3. The average molecular weight is 431 g/mol. The van der Waals surface area contributed by atoms with Gasteiger partial charge in [0.15, 0.2) is 5.60 Å². The van der Waals surface area contributed by atoms with Gasteiger partial charge in [-0.3, -0.25) is 9.59 Å². The number of carbonyl (C=O) groups excluding carboxylic acids is 2. The Kier molecular flexibility index (Phi) is 5.45. The van der Waals surface area contributed by atoms with Crippen molar-refractivity contribution in [2.75, 3.05) is 26.2 Å². The number of aromatic nitrogens is 3. The smallest absolute Gasteiger partial charge is 0.257 e. The maximum atomic E-state index is 13.6. The van der Waals surface area contributed by atoms with E-state index in [1.165, 1.54) is 0 Å². The first-order chi connectivity index (χ1) is 15.6. The van der Waals surface area contributed by atoms with E-state index in [0.717, 1.165) is 16.6 Å². The number of ether oxygens (including phenoxy) is 1. The summed E-state index contributed by atoms with van der Waals surface area (Å²) in [6.07, 6.45) is 4.44. The molecule has 3 heterocycles. The molecule has 0 aliphatic carbocycles. The second-order valence-electron chi connectivity index (χ2n) is 8.24. The quantitative estimate of drug-likeness (QED) is 0.591. The van der Waals surface area contributed by atoms with Crippen LogP contribution in [0, 0.1) is 0 Å². The van der Waals surface area contributed by atoms with Crippen LogP contribution in [0.5, 0.6) is 0 Å². The number of hydrogen-bond acceptors (Lipinski definition) is 5. The molecule has 1 aromatic heterocycles. The van der Waals surface area contributed by atoms with Crippen LogP contribution < -0.4 is 0 Å². The fraction of sp³-hybridized carbons (Fsp3) is 0.333. The molecule has 0 radical (unpaired) electrons. The molecule has 2 aromatic carbocycles. The lowest BCUT2D eigenvalue weighted by atomic mass is 9.95. The maximum Gasteiger partial charge on any atom is 0.257 e. The second-order valence-corrected chi connectivity index (χ2v) is 8.24. The van der Waals surface area contributed by atoms with Crippen molar-refractivity contribution in [3.05, 3.63) is 72.3 Å². The number of fused-ring (bicyclic) bond motifs is 1. The largest absolute Gasteiger partial charge is 0.361 e. The Morgan fingerprint density at radius 3 is 2.75 bits per heavy atom. The van der Waals surface area contributed by atoms with E-state index < -0.39 is 5.60 Å². The van der Waals surface area contributed by atoms with Gasteiger partial charge in [-0.2, -0.15) is 0 Å². The van der Waals surface area contributed by atoms with Crippen molar-refractivity contribution in [1.29, 1.82) is 0 Å². The van der Waals surface area contributed by atoms with E-state index in [9.17, 15) is 9.59 Å². The minimum Gasteiger partial charge on any atom is -0.361 e. The highest BCUT2D eigenvalue weighted by Crippen LogP contribution is 2.28. The third-order valence-corrected chi connectivity index (χ3v) is 6.08. The average Bonchev–Trinajstić information content (AvgIpc) is 3.18. The second kappa shape index (κ2) is 8.55. The zero-order chi connectivity index (χ0) is 22.0. The Balaban J connectivity index is 1.33. The molecule has 1 fully saturated rings. The van der Waals surface area contributed by atoms with Crippen molar-refractivity contribution in [2.24, 2.45) is 0 Å². The summed E-state index contributed by atoms with van der Waals surface area (Å²) in [4.78, 5) is 30.2. The van der Waals surface area contributed by atoms with Crippen molar-refractivity contribution < 1.29 is 14.3 Å². The van der Waals surface area contributed by atoms with Crippen LogP contribution in [-0.2, 0) is 27.4 Å². The third-order valence-electron chi connectivity index (χ3n) is 6.08. The molecule has 2 aliphatic heterocycles. The van der Waals surface area contributed by atoms with Gasteiger partial charge in [0, 0.05) is 26.1 Å². The number of amides is 2. The summed E-state index contributed by atoms with van der Waals surface area (Å²) in [7, 11) is 0. The Morgan fingerprint density at radius 2 is 1.88 bits per heavy atom. The summed E-state index contributed by atoms with van der Waals surface area (Å²) in [5, 5.41) is 8.25. The lowest BCUT2D eigenvalue weighted by Gasteiger charge is -2.42. The van der Waals surface area contributed by atoms with E-state index in [1.54, 1.807) is 14.5 Å². The van der Waals surface area contributed by atoms with Crippen molar-refractivity contribution in [1.82, 2.24) is 24.8 Å². The molecule has 8 nitrogen and oxygen atoms in total. The highest BCUT2D eigenvalue weighted by Gasteiger charge is 2.47. The fourth-order valence-electron chi connectivity index (χ4n) is 4.39. The van der Waals surface area contributed by atoms with Gasteiger partial charge in [-0.25, -0.2) is 4.68 Å². The first-order valence-corrected chi connectivity index (χ1v) is 10.8. The van der Waals surface area contributed by atoms with Crippen LogP contribution in [0.2, 0.25) is 0 Å². The van der Waals surface area contributed by atoms with Gasteiger partial charge >= 0.3 is 0 Å². The fourth-order valence-corrected chi connectivity index (χ4v) is 4.39. The Labute approximate surface area is 186 Å². The van der Waals surface area contributed by atoms with E-state index in [1.807, 2.05) is 66.7 Å². The molecule has 3 aromatic rings. The van der Waals surface area contributed by atoms with Gasteiger partial charge in [-0.1, -0.05) is 59.8 Å². The molecule has 32 heavy (non-hydrogen) atoms. The van der Waals surface area contributed by atoms with E-state index in [2.05, 4.69) is 10.3 Å². The molecular weight excluding hydrogens is 406 g/mol. The van der Waals surface area contributed by atoms with Gasteiger partial charge < -0.3 is 14.5 Å². The minimum absolute atomic E-state index is 0.0740. The van der Waals surface area contributed by atoms with E-state index in [0.29, 0.717) is 32.7 Å². The van der Waals surface area contributed by atoms with Crippen LogP contribution in [0.25, 0.3) is 11.0 Å². The highest BCUT2D eigenvalue weighted by atomic mass is 16.5. The number of morpholine rings is 1. The number of nitrogens with zero attached hydrogens (tertiary/aromatic N) is 5. The summed E-state index contributed by atoms with van der Waals surface area (Å²) < 4.78 is 7.69. The van der Waals surface area contributed by atoms with Gasteiger partial charge in [-0.15, -0.1) is 5.10 Å². The maximum absolute atomic E-state index is 13.6. The molecule has 8 heteroatoms. The minimum atomic E-state index is -1.06. The van der Waals surface area contributed by atoms with Gasteiger partial charge in [0.2, 0.25) is 5.91 Å². The molecule has 1 spiro atoms. The molecule has 1 saturated heterocycles. The Morgan fingerprint density at radius 1 is 1.06 bits per heavy atom. The zero-order valence-corrected chi connectivity index (χ0v) is 17.8. The number of para-hydroxylation sites is 1. The first-order valence-electron chi connectivity index (χ1n) is 10.8. The van der Waals surface area contributed by atoms with Gasteiger partial charge in [-0.05, 0) is 17.7 Å². The van der Waals surface area contributed by atoms with Crippen LogP contribution in [0.4, 0.5) is 0 Å². The number of hydrogen-bond donors (Lipinski definition) is 0. The van der Waals surface area contributed by atoms with Crippen molar-refractivity contribution in [3.8, 4) is 0 Å². The van der Waals surface area contributed by atoms with Crippen LogP contribution in [-0.4, -0.2) is 68.5 Å². The number of carbonyl (C=O) groups is 2. The summed E-state index contributed by atoms with van der Waals surface area (Å²) >= 11 is 0. The van der Waals surface area contributed by atoms with Crippen molar-refractivity contribution in [3.63, 3.8) is 0 Å². The van der Waals surface area contributed by atoms with Crippen LogP contribution in [0.15, 0.2) is 66.7 Å². The Bertz CT molecular complexity index is 1160. The molecule has 2 aliphatic rings. The highest BCUT2D eigenvalue weighted by molar-refractivity contribution is 5.88. The summed E-state index contributed by atoms with van der Waals surface area (Å²) in [5.41, 5.74) is 1.57. The van der Waals surface area contributed by atoms with Crippen molar-refractivity contribution in [2.45, 2.75) is 25.1 Å². The van der Waals surface area contributed by atoms with Crippen LogP contribution in [0.1, 0.15) is 12.0 Å². The molecule has 0 N–H and O–H groups in total. The first kappa shape index (κ1) is 20.4. The number of rotatable bonds is 4. The molecule has 0 bridgehead atoms. The normalized spacial score (nSPS) is 21.3. The van der Waals surface area contributed by atoms with E-state index in [-0.39, 0.29) is 24.9 Å². The van der Waals surface area contributed by atoms with Crippen LogP contribution >= 0.6 is 0 Å². The summed E-state index contributed by atoms with van der Waals surface area (Å²) in [5.74, 6) is -0.172. The van der Waals surface area contributed by atoms with Gasteiger partial charge in [0.25, 0.3) is 5.91 Å². The van der Waals surface area contributed by atoms with E-state index >= 15 is 0 Å². The molecule has 164 valence electrons. The van der Waals surface area contributed by atoms with Crippen molar-refractivity contribution >= 4 is 22.8 Å². The summed E-state index contributed by atoms with van der Waals surface area (Å²) in [6.45, 7) is 2.11.